The topological polar surface area (TPSA) is 104 Å². The number of amidine groups is 1. The molecular formula is C49H54ClN7. The van der Waals surface area contributed by atoms with Crippen LogP contribution < -0.4 is 11.2 Å². The second-order valence-electron chi connectivity index (χ2n) is 15.2. The molecule has 0 bridgehead atoms. The molecule has 4 N–H and O–H groups in total. The van der Waals surface area contributed by atoms with Gasteiger partial charge >= 0.3 is 0 Å². The van der Waals surface area contributed by atoms with Crippen LogP contribution in [0.2, 0.25) is 5.15 Å². The molecule has 6 aromatic rings. The first-order chi connectivity index (χ1) is 28.0. The van der Waals surface area contributed by atoms with Crippen molar-refractivity contribution < 1.29 is 0 Å². The Morgan fingerprint density at radius 3 is 2.00 bits per heavy atom. The number of nitrogens with two attached hydrogens (primary N) is 1. The Kier molecular flexibility index (Phi) is 13.4. The molecule has 0 radical (unpaired) electrons. The highest BCUT2D eigenvalue weighted by Gasteiger charge is 2.37. The number of hydrogen-bond donors (Lipinski definition) is 3. The van der Waals surface area contributed by atoms with Crippen molar-refractivity contribution in [3.63, 3.8) is 0 Å². The van der Waals surface area contributed by atoms with Crippen LogP contribution >= 0.6 is 11.6 Å². The molecule has 7 nitrogen and oxygen atoms in total. The number of imidazole rings is 1. The largest absolute Gasteiger partial charge is 0.325 e. The quantitative estimate of drug-likeness (QED) is 0.0337. The lowest BCUT2D eigenvalue weighted by Gasteiger charge is -2.36. The van der Waals surface area contributed by atoms with Crippen molar-refractivity contribution in [1.82, 2.24) is 15.0 Å². The molecule has 57 heavy (non-hydrogen) atoms. The number of unbranched alkanes of at least 4 members (excludes halogenated alkanes) is 1. The molecule has 0 aliphatic heterocycles. The minimum atomic E-state index is -0.858. The molecule has 1 saturated carbocycles. The number of rotatable bonds is 14. The van der Waals surface area contributed by atoms with Gasteiger partial charge in [0.15, 0.2) is 5.15 Å². The number of halogens is 1. The van der Waals surface area contributed by atoms with Crippen molar-refractivity contribution >= 4 is 17.4 Å². The standard InChI is InChI=1S/C49H54ClN7/c1-2-3-25-46-53-47(50)45(34-51)57(46)35-36-26-28-39(29-27-36)43-23-15-16-24-44(43)48(54-52)55-56-49(40-19-11-7-12-20-40,41-21-13-8-14-22-41)42-32-30-38(31-33-42)37-17-9-5-4-6-10-18-37/h7-8,11-16,19-24,26-33,37,52,56H,2-6,9-10,17-18,25,34-35,51H2,1H3/b54-52?,55-48-. The fraction of sp³-hybridized carbons (Fsp3) is 0.306. The molecule has 0 amide bonds. The van der Waals surface area contributed by atoms with Crippen LogP contribution in [0.4, 0.5) is 0 Å². The number of aryl methyl sites for hydroxylation is 1. The first-order valence-corrected chi connectivity index (χ1v) is 21.0. The SMILES string of the molecule is CCCCc1nc(Cl)c(CN)n1Cc1ccc(-c2ccccc2/C(N=N)=N/NC(c2ccccc2)(c2ccccc2)c2ccc(C3CCCCCCC3)cc2)cc1. The zero-order chi connectivity index (χ0) is 39.5. The van der Waals surface area contributed by atoms with Crippen LogP contribution in [0.15, 0.2) is 144 Å². The van der Waals surface area contributed by atoms with Gasteiger partial charge in [0, 0.05) is 25.1 Å². The third-order valence-electron chi connectivity index (χ3n) is 11.6. The summed E-state index contributed by atoms with van der Waals surface area (Å²) in [5, 5.41) is 9.58. The molecule has 1 aromatic heterocycles. The van der Waals surface area contributed by atoms with Crippen molar-refractivity contribution in [1.29, 1.82) is 5.53 Å². The first-order valence-electron chi connectivity index (χ1n) is 20.6. The van der Waals surface area contributed by atoms with E-state index in [0.29, 0.717) is 30.0 Å². The van der Waals surface area contributed by atoms with E-state index in [9.17, 15) is 0 Å². The van der Waals surface area contributed by atoms with E-state index in [1.807, 2.05) is 30.3 Å². The zero-order valence-electron chi connectivity index (χ0n) is 33.0. The molecule has 1 aliphatic carbocycles. The summed E-state index contributed by atoms with van der Waals surface area (Å²) in [4.78, 5) is 4.64. The molecule has 1 aliphatic rings. The number of hydrogen-bond acceptors (Lipinski definition) is 5. The maximum absolute atomic E-state index is 8.45. The van der Waals surface area contributed by atoms with E-state index in [1.54, 1.807) is 0 Å². The van der Waals surface area contributed by atoms with Crippen molar-refractivity contribution in [3.8, 4) is 11.1 Å². The third-order valence-corrected chi connectivity index (χ3v) is 11.9. The van der Waals surface area contributed by atoms with Gasteiger partial charge in [0.2, 0.25) is 5.84 Å². The maximum atomic E-state index is 8.45. The summed E-state index contributed by atoms with van der Waals surface area (Å²) in [6.07, 6.45) is 12.1. The minimum Gasteiger partial charge on any atom is -0.325 e. The summed E-state index contributed by atoms with van der Waals surface area (Å²) in [6.45, 7) is 3.14. The van der Waals surface area contributed by atoms with Crippen LogP contribution in [0.5, 0.6) is 0 Å². The van der Waals surface area contributed by atoms with Gasteiger partial charge in [-0.15, -0.1) is 5.11 Å². The summed E-state index contributed by atoms with van der Waals surface area (Å²) >= 11 is 6.51. The number of hydrazone groups is 1. The molecule has 1 fully saturated rings. The normalized spacial score (nSPS) is 14.2. The maximum Gasteiger partial charge on any atom is 0.200 e. The van der Waals surface area contributed by atoms with Crippen LogP contribution in [0.1, 0.15) is 116 Å². The predicted molar refractivity (Wildman–Crippen MR) is 234 cm³/mol. The smallest absolute Gasteiger partial charge is 0.200 e. The van der Waals surface area contributed by atoms with Crippen molar-refractivity contribution in [2.24, 2.45) is 15.9 Å². The predicted octanol–water partition coefficient (Wildman–Crippen LogP) is 12.2. The van der Waals surface area contributed by atoms with Crippen molar-refractivity contribution in [2.75, 3.05) is 0 Å². The van der Waals surface area contributed by atoms with Gasteiger partial charge in [0.05, 0.1) is 5.69 Å². The molecule has 0 spiro atoms. The zero-order valence-corrected chi connectivity index (χ0v) is 33.8. The lowest BCUT2D eigenvalue weighted by atomic mass is 9.76. The third kappa shape index (κ3) is 8.96. The molecular weight excluding hydrogens is 722 g/mol. The van der Waals surface area contributed by atoms with Crippen molar-refractivity contribution in [2.45, 2.75) is 95.7 Å². The van der Waals surface area contributed by atoms with E-state index in [1.165, 1.54) is 50.5 Å². The van der Waals surface area contributed by atoms with E-state index in [4.69, 9.17) is 28.0 Å². The van der Waals surface area contributed by atoms with E-state index in [0.717, 1.165) is 69.7 Å². The molecule has 0 unspecified atom stereocenters. The van der Waals surface area contributed by atoms with E-state index in [2.05, 4.69) is 130 Å². The summed E-state index contributed by atoms with van der Waals surface area (Å²) in [5.74, 6) is 1.84. The molecule has 292 valence electrons. The Bertz CT molecular complexity index is 2180. The summed E-state index contributed by atoms with van der Waals surface area (Å²) < 4.78 is 2.16. The van der Waals surface area contributed by atoms with E-state index in [-0.39, 0.29) is 0 Å². The van der Waals surface area contributed by atoms with Gasteiger partial charge in [-0.05, 0) is 64.1 Å². The molecule has 0 atom stereocenters. The highest BCUT2D eigenvalue weighted by Crippen LogP contribution is 2.39. The molecule has 7 rings (SSSR count). The number of nitrogens with zero attached hydrogens (tertiary/aromatic N) is 4. The Morgan fingerprint density at radius 1 is 0.789 bits per heavy atom. The monoisotopic (exact) mass is 775 g/mol. The minimum absolute atomic E-state index is 0.290. The average Bonchev–Trinajstić information content (AvgIpc) is 3.55. The van der Waals surface area contributed by atoms with Gasteiger partial charge in [-0.3, -0.25) is 5.43 Å². The lowest BCUT2D eigenvalue weighted by molar-refractivity contribution is 0.455. The summed E-state index contributed by atoms with van der Waals surface area (Å²) in [7, 11) is 0. The molecule has 5 aromatic carbocycles. The van der Waals surface area contributed by atoms with Gasteiger partial charge in [-0.1, -0.05) is 191 Å². The molecule has 0 saturated heterocycles. The van der Waals surface area contributed by atoms with Crippen LogP contribution in [-0.2, 0) is 25.0 Å². The van der Waals surface area contributed by atoms with E-state index >= 15 is 0 Å². The lowest BCUT2D eigenvalue weighted by Crippen LogP contribution is -2.42. The Hall–Kier alpha value is -5.37. The van der Waals surface area contributed by atoms with Crippen LogP contribution in [0.3, 0.4) is 0 Å². The number of nitrogens with one attached hydrogen (secondary N) is 2. The Morgan fingerprint density at radius 2 is 1.39 bits per heavy atom. The Balaban J connectivity index is 1.24. The highest BCUT2D eigenvalue weighted by atomic mass is 35.5. The first kappa shape index (κ1) is 39.8. The van der Waals surface area contributed by atoms with Gasteiger partial charge in [0.25, 0.3) is 0 Å². The number of benzene rings is 5. The Labute approximate surface area is 342 Å². The van der Waals surface area contributed by atoms with Gasteiger partial charge in [-0.2, -0.15) is 5.10 Å². The van der Waals surface area contributed by atoms with Gasteiger partial charge in [-0.25, -0.2) is 10.5 Å². The highest BCUT2D eigenvalue weighted by molar-refractivity contribution is 6.30. The second-order valence-corrected chi connectivity index (χ2v) is 15.6. The molecule has 1 heterocycles. The van der Waals surface area contributed by atoms with Crippen LogP contribution in [0, 0.1) is 5.53 Å². The number of aromatic nitrogens is 2. The van der Waals surface area contributed by atoms with Crippen LogP contribution in [-0.4, -0.2) is 15.4 Å². The van der Waals surface area contributed by atoms with Gasteiger partial charge < -0.3 is 10.3 Å². The fourth-order valence-electron chi connectivity index (χ4n) is 8.46. The van der Waals surface area contributed by atoms with Gasteiger partial charge in [0.1, 0.15) is 11.4 Å². The summed E-state index contributed by atoms with van der Waals surface area (Å²) in [5.41, 5.74) is 26.6. The average molecular weight is 776 g/mol. The molecule has 8 heteroatoms. The summed E-state index contributed by atoms with van der Waals surface area (Å²) in [6, 6.07) is 46.7. The van der Waals surface area contributed by atoms with E-state index < -0.39 is 5.54 Å². The second kappa shape index (κ2) is 19.2. The fourth-order valence-corrected chi connectivity index (χ4v) is 8.74. The van der Waals surface area contributed by atoms with Crippen molar-refractivity contribution in [3.05, 3.63) is 184 Å². The van der Waals surface area contributed by atoms with Crippen LogP contribution in [0.25, 0.3) is 11.1 Å².